The van der Waals surface area contributed by atoms with Crippen molar-refractivity contribution in [3.05, 3.63) is 29.8 Å². The number of rotatable bonds is 8. The highest BCUT2D eigenvalue weighted by molar-refractivity contribution is 5.97. The Morgan fingerprint density at radius 3 is 2.76 bits per heavy atom. The zero-order chi connectivity index (χ0) is 15.7. The molecule has 1 atom stereocenters. The quantitative estimate of drug-likeness (QED) is 0.686. The lowest BCUT2D eigenvalue weighted by molar-refractivity contribution is -0.116. The van der Waals surface area contributed by atoms with Gasteiger partial charge in [0.25, 0.3) is 5.91 Å². The lowest BCUT2D eigenvalue weighted by Crippen LogP contribution is -2.24. The number of hydrogen-bond donors (Lipinski definition) is 3. The molecule has 0 aliphatic heterocycles. The molecule has 0 aliphatic rings. The maximum atomic E-state index is 11.9. The van der Waals surface area contributed by atoms with E-state index in [0.717, 1.165) is 12.8 Å². The maximum Gasteiger partial charge on any atom is 0.251 e. The number of benzene rings is 1. The summed E-state index contributed by atoms with van der Waals surface area (Å²) in [6.45, 7) is 5.25. The summed E-state index contributed by atoms with van der Waals surface area (Å²) in [5.74, 6) is 0.160. The van der Waals surface area contributed by atoms with Crippen molar-refractivity contribution < 1.29 is 9.59 Å². The Hall–Kier alpha value is -1.88. The van der Waals surface area contributed by atoms with Crippen molar-refractivity contribution in [3.63, 3.8) is 0 Å². The fraction of sp³-hybridized carbons (Fsp3) is 0.500. The van der Waals surface area contributed by atoms with Gasteiger partial charge in [-0.3, -0.25) is 9.59 Å². The Morgan fingerprint density at radius 2 is 2.10 bits per heavy atom. The third-order valence-corrected chi connectivity index (χ3v) is 3.21. The molecule has 0 fully saturated rings. The summed E-state index contributed by atoms with van der Waals surface area (Å²) < 4.78 is 0. The van der Waals surface area contributed by atoms with Crippen LogP contribution in [0.1, 0.15) is 43.5 Å². The van der Waals surface area contributed by atoms with Crippen molar-refractivity contribution in [3.8, 4) is 0 Å². The van der Waals surface area contributed by atoms with E-state index in [9.17, 15) is 9.59 Å². The lowest BCUT2D eigenvalue weighted by atomic mass is 10.1. The van der Waals surface area contributed by atoms with Gasteiger partial charge in [0, 0.05) is 24.2 Å². The number of carbonyl (C=O) groups is 2. The van der Waals surface area contributed by atoms with Crippen molar-refractivity contribution in [2.24, 2.45) is 11.7 Å². The average molecular weight is 291 g/mol. The van der Waals surface area contributed by atoms with Crippen LogP contribution < -0.4 is 16.4 Å². The van der Waals surface area contributed by atoms with Crippen LogP contribution in [0.2, 0.25) is 0 Å². The summed E-state index contributed by atoms with van der Waals surface area (Å²) in [4.78, 5) is 23.7. The second kappa shape index (κ2) is 9.13. The average Bonchev–Trinajstić information content (AvgIpc) is 2.50. The van der Waals surface area contributed by atoms with Crippen LogP contribution in [0.15, 0.2) is 24.3 Å². The Balaban J connectivity index is 2.56. The second-order valence-corrected chi connectivity index (χ2v) is 5.26. The summed E-state index contributed by atoms with van der Waals surface area (Å²) in [6.07, 6.45) is 2.09. The Kier molecular flexibility index (Phi) is 7.46. The zero-order valence-electron chi connectivity index (χ0n) is 12.8. The normalized spacial score (nSPS) is 11.8. The standard InChI is InChI=1S/C16H25N3O2/c1-3-9-18-16(21)13-5-4-6-14(10-13)19-15(20)8-7-12(2)11-17/h4-6,10,12H,3,7-9,11,17H2,1-2H3,(H,18,21)(H,19,20). The number of anilines is 1. The first-order chi connectivity index (χ1) is 10.1. The van der Waals surface area contributed by atoms with Gasteiger partial charge in [-0.1, -0.05) is 19.9 Å². The second-order valence-electron chi connectivity index (χ2n) is 5.26. The van der Waals surface area contributed by atoms with Crippen molar-refractivity contribution in [2.75, 3.05) is 18.4 Å². The van der Waals surface area contributed by atoms with Gasteiger partial charge in [0.1, 0.15) is 0 Å². The van der Waals surface area contributed by atoms with E-state index in [2.05, 4.69) is 10.6 Å². The molecule has 116 valence electrons. The first kappa shape index (κ1) is 17.2. The van der Waals surface area contributed by atoms with Gasteiger partial charge in [-0.15, -0.1) is 0 Å². The van der Waals surface area contributed by atoms with E-state index in [0.29, 0.717) is 36.7 Å². The highest BCUT2D eigenvalue weighted by Gasteiger charge is 2.08. The molecule has 4 N–H and O–H groups in total. The lowest BCUT2D eigenvalue weighted by Gasteiger charge is -2.10. The topological polar surface area (TPSA) is 84.2 Å². The summed E-state index contributed by atoms with van der Waals surface area (Å²) in [5.41, 5.74) is 6.72. The summed E-state index contributed by atoms with van der Waals surface area (Å²) >= 11 is 0. The van der Waals surface area contributed by atoms with Gasteiger partial charge < -0.3 is 16.4 Å². The summed E-state index contributed by atoms with van der Waals surface area (Å²) in [6, 6.07) is 6.96. The number of amides is 2. The molecular weight excluding hydrogens is 266 g/mol. The Labute approximate surface area is 126 Å². The fourth-order valence-electron chi connectivity index (χ4n) is 1.80. The van der Waals surface area contributed by atoms with Gasteiger partial charge in [-0.05, 0) is 43.5 Å². The molecular formula is C16H25N3O2. The van der Waals surface area contributed by atoms with Crippen LogP contribution in [-0.4, -0.2) is 24.9 Å². The monoisotopic (exact) mass is 291 g/mol. The smallest absolute Gasteiger partial charge is 0.251 e. The highest BCUT2D eigenvalue weighted by atomic mass is 16.2. The molecule has 5 heteroatoms. The molecule has 1 rings (SSSR count). The minimum absolute atomic E-state index is 0.0542. The van der Waals surface area contributed by atoms with Crippen LogP contribution in [0.3, 0.4) is 0 Å². The van der Waals surface area contributed by atoms with Crippen LogP contribution in [0.5, 0.6) is 0 Å². The summed E-state index contributed by atoms with van der Waals surface area (Å²) in [5, 5.41) is 5.62. The van der Waals surface area contributed by atoms with Crippen LogP contribution >= 0.6 is 0 Å². The van der Waals surface area contributed by atoms with E-state index in [1.807, 2.05) is 13.8 Å². The van der Waals surface area contributed by atoms with E-state index in [1.54, 1.807) is 24.3 Å². The largest absolute Gasteiger partial charge is 0.352 e. The van der Waals surface area contributed by atoms with Gasteiger partial charge in [0.05, 0.1) is 0 Å². The minimum atomic E-state index is -0.121. The van der Waals surface area contributed by atoms with E-state index < -0.39 is 0 Å². The molecule has 0 bridgehead atoms. The molecule has 5 nitrogen and oxygen atoms in total. The van der Waals surface area contributed by atoms with Crippen molar-refractivity contribution in [2.45, 2.75) is 33.1 Å². The van der Waals surface area contributed by atoms with Gasteiger partial charge in [-0.25, -0.2) is 0 Å². The molecule has 0 aromatic heterocycles. The number of hydrogen-bond acceptors (Lipinski definition) is 3. The van der Waals surface area contributed by atoms with Gasteiger partial charge in [0.15, 0.2) is 0 Å². The van der Waals surface area contributed by atoms with Crippen molar-refractivity contribution >= 4 is 17.5 Å². The van der Waals surface area contributed by atoms with E-state index in [-0.39, 0.29) is 11.8 Å². The fourth-order valence-corrected chi connectivity index (χ4v) is 1.80. The Bertz CT molecular complexity index is 474. The molecule has 1 aromatic carbocycles. The molecule has 0 heterocycles. The molecule has 0 saturated heterocycles. The van der Waals surface area contributed by atoms with Crippen LogP contribution in [0, 0.1) is 5.92 Å². The van der Waals surface area contributed by atoms with E-state index in [1.165, 1.54) is 0 Å². The first-order valence-corrected chi connectivity index (χ1v) is 7.45. The molecule has 1 unspecified atom stereocenters. The molecule has 0 aliphatic carbocycles. The minimum Gasteiger partial charge on any atom is -0.352 e. The van der Waals surface area contributed by atoms with Crippen LogP contribution in [0.25, 0.3) is 0 Å². The Morgan fingerprint density at radius 1 is 1.33 bits per heavy atom. The molecule has 0 saturated carbocycles. The van der Waals surface area contributed by atoms with Gasteiger partial charge in [0.2, 0.25) is 5.91 Å². The number of nitrogens with two attached hydrogens (primary N) is 1. The number of nitrogens with one attached hydrogen (secondary N) is 2. The SMILES string of the molecule is CCCNC(=O)c1cccc(NC(=O)CCC(C)CN)c1. The van der Waals surface area contributed by atoms with Crippen LogP contribution in [0.4, 0.5) is 5.69 Å². The molecule has 0 radical (unpaired) electrons. The van der Waals surface area contributed by atoms with Crippen molar-refractivity contribution in [1.82, 2.24) is 5.32 Å². The molecule has 21 heavy (non-hydrogen) atoms. The predicted molar refractivity (Wildman–Crippen MR) is 85.1 cm³/mol. The molecule has 2 amide bonds. The van der Waals surface area contributed by atoms with Crippen LogP contribution in [-0.2, 0) is 4.79 Å². The third kappa shape index (κ3) is 6.40. The molecule has 1 aromatic rings. The van der Waals surface area contributed by atoms with E-state index >= 15 is 0 Å². The highest BCUT2D eigenvalue weighted by Crippen LogP contribution is 2.12. The molecule has 0 spiro atoms. The van der Waals surface area contributed by atoms with Gasteiger partial charge >= 0.3 is 0 Å². The summed E-state index contributed by atoms with van der Waals surface area (Å²) in [7, 11) is 0. The van der Waals surface area contributed by atoms with E-state index in [4.69, 9.17) is 5.73 Å². The van der Waals surface area contributed by atoms with Crippen molar-refractivity contribution in [1.29, 1.82) is 0 Å². The zero-order valence-corrected chi connectivity index (χ0v) is 12.8. The third-order valence-electron chi connectivity index (χ3n) is 3.21. The number of carbonyl (C=O) groups excluding carboxylic acids is 2. The van der Waals surface area contributed by atoms with Gasteiger partial charge in [-0.2, -0.15) is 0 Å². The predicted octanol–water partition coefficient (Wildman–Crippen LogP) is 2.14. The first-order valence-electron chi connectivity index (χ1n) is 7.45. The maximum absolute atomic E-state index is 11.9.